The lowest BCUT2D eigenvalue weighted by Crippen LogP contribution is -2.23. The fourth-order valence-corrected chi connectivity index (χ4v) is 3.18. The van der Waals surface area contributed by atoms with Gasteiger partial charge in [0.2, 0.25) is 0 Å². The van der Waals surface area contributed by atoms with Crippen molar-refractivity contribution < 1.29 is 0 Å². The first-order valence-corrected chi connectivity index (χ1v) is 15.3. The first kappa shape index (κ1) is 43.5. The summed E-state index contributed by atoms with van der Waals surface area (Å²) in [5.41, 5.74) is 22.3. The third-order valence-corrected chi connectivity index (χ3v) is 5.64. The molecular weight excluding hydrogens is 466 g/mol. The van der Waals surface area contributed by atoms with Crippen molar-refractivity contribution in [2.75, 3.05) is 13.1 Å². The van der Waals surface area contributed by atoms with Crippen molar-refractivity contribution >= 4 is 0 Å². The number of hydrogen-bond acceptors (Lipinski definition) is 5. The van der Waals surface area contributed by atoms with Gasteiger partial charge in [0.25, 0.3) is 0 Å². The van der Waals surface area contributed by atoms with E-state index in [0.29, 0.717) is 12.1 Å². The van der Waals surface area contributed by atoms with Crippen LogP contribution in [0, 0.1) is 0 Å². The Hall–Kier alpha value is -1.50. The van der Waals surface area contributed by atoms with Crippen LogP contribution in [0.5, 0.6) is 0 Å². The molecular formula is C33H69N5. The van der Waals surface area contributed by atoms with Crippen LogP contribution in [-0.2, 0) is 0 Å². The Morgan fingerprint density at radius 1 is 1.03 bits per heavy atom. The minimum atomic E-state index is 0.367. The van der Waals surface area contributed by atoms with Crippen molar-refractivity contribution in [3.8, 4) is 0 Å². The fourth-order valence-electron chi connectivity index (χ4n) is 3.18. The number of allylic oxidation sites excluding steroid dienone is 8. The summed E-state index contributed by atoms with van der Waals surface area (Å²) < 4.78 is 0. The minimum absolute atomic E-state index is 0.367. The van der Waals surface area contributed by atoms with Gasteiger partial charge in [0.05, 0.1) is 0 Å². The molecule has 0 bridgehead atoms. The van der Waals surface area contributed by atoms with Gasteiger partial charge in [0, 0.05) is 18.6 Å². The van der Waals surface area contributed by atoms with E-state index in [1.807, 2.05) is 47.6 Å². The molecule has 2 aliphatic rings. The van der Waals surface area contributed by atoms with Crippen LogP contribution in [0.4, 0.5) is 0 Å². The smallest absolute Gasteiger partial charge is 0.0135 e. The van der Waals surface area contributed by atoms with Gasteiger partial charge >= 0.3 is 0 Å². The number of nitrogens with one attached hydrogen (secondary N) is 1. The molecule has 2 unspecified atom stereocenters. The molecule has 0 aromatic carbocycles. The molecule has 0 spiro atoms. The molecule has 0 saturated carbocycles. The van der Waals surface area contributed by atoms with Gasteiger partial charge in [0.15, 0.2) is 0 Å². The summed E-state index contributed by atoms with van der Waals surface area (Å²) in [6, 6.07) is 0.824. The molecule has 226 valence electrons. The molecule has 0 aromatic rings. The summed E-state index contributed by atoms with van der Waals surface area (Å²) in [6.07, 6.45) is 29.7. The molecule has 9 N–H and O–H groups in total. The number of hydrogen-bond donors (Lipinski definition) is 5. The van der Waals surface area contributed by atoms with E-state index in [-0.39, 0.29) is 0 Å². The van der Waals surface area contributed by atoms with Crippen molar-refractivity contribution in [3.63, 3.8) is 0 Å². The Morgan fingerprint density at radius 3 is 2.18 bits per heavy atom. The number of unbranched alkanes of at least 4 members (excludes halogenated alkanes) is 1. The summed E-state index contributed by atoms with van der Waals surface area (Å²) in [5, 5.41) is 0. The highest BCUT2D eigenvalue weighted by molar-refractivity contribution is 5.17. The predicted octanol–water partition coefficient (Wildman–Crippen LogP) is 7.99. The van der Waals surface area contributed by atoms with E-state index in [4.69, 9.17) is 23.0 Å². The monoisotopic (exact) mass is 536 g/mol. The molecule has 5 nitrogen and oxygen atoms in total. The van der Waals surface area contributed by atoms with E-state index in [1.165, 1.54) is 49.7 Å². The second-order valence-electron chi connectivity index (χ2n) is 8.90. The Bertz CT molecular complexity index is 576. The fraction of sp³-hybridized carbons (Fsp3) is 0.697. The van der Waals surface area contributed by atoms with E-state index < -0.39 is 0 Å². The second-order valence-corrected chi connectivity index (χ2v) is 8.90. The lowest BCUT2D eigenvalue weighted by molar-refractivity contribution is 0.589. The summed E-state index contributed by atoms with van der Waals surface area (Å²) in [4.78, 5) is 0. The number of rotatable bonds is 9. The summed E-state index contributed by atoms with van der Waals surface area (Å²) in [7, 11) is 0. The lowest BCUT2D eigenvalue weighted by atomic mass is 10.0. The van der Waals surface area contributed by atoms with Gasteiger partial charge in [-0.3, -0.25) is 11.3 Å². The third-order valence-electron chi connectivity index (χ3n) is 5.64. The SMILES string of the molecule is C/C=C\CC(N)CC.C/C=C\CCCN.CC.CC.CC1=CCCC(N)CC1.NNCCC1=CC=CCC1. The molecule has 2 aliphatic carbocycles. The summed E-state index contributed by atoms with van der Waals surface area (Å²) in [5.74, 6) is 5.15. The second kappa shape index (κ2) is 40.0. The lowest BCUT2D eigenvalue weighted by Gasteiger charge is -2.07. The molecule has 2 atom stereocenters. The quantitative estimate of drug-likeness (QED) is 0.0887. The summed E-state index contributed by atoms with van der Waals surface area (Å²) >= 11 is 0. The van der Waals surface area contributed by atoms with Crippen LogP contribution in [0.3, 0.4) is 0 Å². The molecule has 0 radical (unpaired) electrons. The first-order chi connectivity index (χ1) is 18.4. The average molecular weight is 536 g/mol. The van der Waals surface area contributed by atoms with Gasteiger partial charge in [-0.05, 0) is 97.9 Å². The third kappa shape index (κ3) is 39.0. The minimum Gasteiger partial charge on any atom is -0.330 e. The van der Waals surface area contributed by atoms with E-state index in [9.17, 15) is 0 Å². The molecule has 2 rings (SSSR count). The zero-order valence-corrected chi connectivity index (χ0v) is 26.8. The van der Waals surface area contributed by atoms with E-state index in [2.05, 4.69) is 61.8 Å². The highest BCUT2D eigenvalue weighted by Gasteiger charge is 2.05. The van der Waals surface area contributed by atoms with E-state index in [0.717, 1.165) is 45.2 Å². The highest BCUT2D eigenvalue weighted by Crippen LogP contribution is 2.15. The van der Waals surface area contributed by atoms with Crippen molar-refractivity contribution in [1.82, 2.24) is 5.43 Å². The topological polar surface area (TPSA) is 116 Å². The molecule has 0 aliphatic heterocycles. The standard InChI is InChI=1S/C8H14N2.C8H15N.C7H15N.C6H13N.2C2H6/c9-10-7-6-8-4-2-1-3-5-8;1-7-3-2-4-8(9)6-5-7;1-3-5-6-7(8)4-2;1-2-3-4-5-6-7;2*1-2/h1-2,4,10H,3,5-7,9H2;3,8H,2,4-6,9H2,1H3;3,5,7H,4,6,8H2,1-2H3;2-3H,4-7H2,1H3;2*1-2H3/b;;5-3-;3-2-;;. The van der Waals surface area contributed by atoms with Gasteiger partial charge in [-0.1, -0.05) is 94.4 Å². The Morgan fingerprint density at radius 2 is 1.68 bits per heavy atom. The zero-order chi connectivity index (χ0) is 29.9. The average Bonchev–Trinajstić information content (AvgIpc) is 3.17. The zero-order valence-electron chi connectivity index (χ0n) is 26.8. The van der Waals surface area contributed by atoms with Gasteiger partial charge < -0.3 is 17.2 Å². The van der Waals surface area contributed by atoms with Crippen LogP contribution < -0.4 is 28.5 Å². The van der Waals surface area contributed by atoms with E-state index >= 15 is 0 Å². The Kier molecular flexibility index (Phi) is 45.8. The van der Waals surface area contributed by atoms with Crippen molar-refractivity contribution in [2.24, 2.45) is 23.0 Å². The maximum Gasteiger partial charge on any atom is 0.0135 e. The molecule has 0 amide bonds. The summed E-state index contributed by atoms with van der Waals surface area (Å²) in [6.45, 7) is 18.0. The Balaban J connectivity index is -0.000000195. The molecule has 0 aromatic heterocycles. The molecule has 5 heteroatoms. The number of nitrogens with two attached hydrogens (primary N) is 4. The highest BCUT2D eigenvalue weighted by atomic mass is 15.2. The van der Waals surface area contributed by atoms with E-state index in [1.54, 1.807) is 0 Å². The van der Waals surface area contributed by atoms with Gasteiger partial charge in [-0.15, -0.1) is 0 Å². The molecule has 38 heavy (non-hydrogen) atoms. The number of hydrazine groups is 1. The largest absolute Gasteiger partial charge is 0.330 e. The maximum atomic E-state index is 5.76. The molecule has 0 fully saturated rings. The van der Waals surface area contributed by atoms with Gasteiger partial charge in [-0.25, -0.2) is 0 Å². The molecule has 0 heterocycles. The predicted molar refractivity (Wildman–Crippen MR) is 177 cm³/mol. The van der Waals surface area contributed by atoms with Crippen molar-refractivity contribution in [2.45, 2.75) is 138 Å². The van der Waals surface area contributed by atoms with Gasteiger partial charge in [0.1, 0.15) is 0 Å². The van der Waals surface area contributed by atoms with Gasteiger partial charge in [-0.2, -0.15) is 0 Å². The van der Waals surface area contributed by atoms with Crippen LogP contribution in [-0.4, -0.2) is 25.2 Å². The van der Waals surface area contributed by atoms with Crippen molar-refractivity contribution in [3.05, 3.63) is 59.8 Å². The van der Waals surface area contributed by atoms with Crippen LogP contribution in [0.2, 0.25) is 0 Å². The van der Waals surface area contributed by atoms with Crippen molar-refractivity contribution in [1.29, 1.82) is 0 Å². The Labute approximate surface area is 239 Å². The maximum absolute atomic E-state index is 5.76. The molecule has 0 saturated heterocycles. The van der Waals surface area contributed by atoms with Crippen LogP contribution in [0.25, 0.3) is 0 Å². The first-order valence-electron chi connectivity index (χ1n) is 15.3. The normalized spacial score (nSPS) is 16.8. The van der Waals surface area contributed by atoms with Crippen LogP contribution >= 0.6 is 0 Å². The van der Waals surface area contributed by atoms with Crippen LogP contribution in [0.15, 0.2) is 59.8 Å². The van der Waals surface area contributed by atoms with Crippen LogP contribution in [0.1, 0.15) is 126 Å².